The van der Waals surface area contributed by atoms with E-state index >= 15 is 0 Å². The van der Waals surface area contributed by atoms with Crippen molar-refractivity contribution in [2.75, 3.05) is 29.6 Å². The first kappa shape index (κ1) is 26.7. The van der Waals surface area contributed by atoms with E-state index < -0.39 is 10.8 Å². The summed E-state index contributed by atoms with van der Waals surface area (Å²) in [5, 5.41) is 5.89. The van der Waals surface area contributed by atoms with Crippen molar-refractivity contribution in [3.8, 4) is 0 Å². The predicted octanol–water partition coefficient (Wildman–Crippen LogP) is 4.86. The monoisotopic (exact) mass is 550 g/mol. The highest BCUT2D eigenvalue weighted by atomic mass is 32.2. The second kappa shape index (κ2) is 12.3. The number of anilines is 2. The number of aromatic nitrogens is 4. The van der Waals surface area contributed by atoms with E-state index in [9.17, 15) is 4.21 Å². The van der Waals surface area contributed by atoms with Gasteiger partial charge in [-0.3, -0.25) is 4.21 Å². The third-order valence-electron chi connectivity index (χ3n) is 8.84. The van der Waals surface area contributed by atoms with Crippen molar-refractivity contribution >= 4 is 33.7 Å². The van der Waals surface area contributed by atoms with Crippen LogP contribution in [0.5, 0.6) is 0 Å². The van der Waals surface area contributed by atoms with E-state index in [-0.39, 0.29) is 0 Å². The van der Waals surface area contributed by atoms with Gasteiger partial charge in [0.1, 0.15) is 0 Å². The maximum absolute atomic E-state index is 12.7. The summed E-state index contributed by atoms with van der Waals surface area (Å²) in [7, 11) is -0.919. The molecule has 2 aromatic heterocycles. The molecule has 4 N–H and O–H groups in total. The molecule has 10 heteroatoms. The highest BCUT2D eigenvalue weighted by molar-refractivity contribution is 7.85. The van der Waals surface area contributed by atoms with Gasteiger partial charge in [-0.15, -0.1) is 0 Å². The van der Waals surface area contributed by atoms with Crippen LogP contribution in [0, 0.1) is 5.92 Å². The number of nitrogens with zero attached hydrogens (tertiary/aromatic N) is 5. The number of rotatable bonds is 9. The minimum atomic E-state index is -0.919. The van der Waals surface area contributed by atoms with Crippen molar-refractivity contribution in [3.63, 3.8) is 0 Å². The fraction of sp³-hybridized carbons (Fsp3) is 0.621. The Labute approximate surface area is 233 Å². The first-order valence-corrected chi connectivity index (χ1v) is 16.2. The van der Waals surface area contributed by atoms with Crippen LogP contribution in [0.3, 0.4) is 0 Å². The smallest absolute Gasteiger partial charge is 0.227 e. The van der Waals surface area contributed by atoms with Crippen LogP contribution in [-0.4, -0.2) is 59.7 Å². The Bertz CT molecular complexity index is 1240. The molecule has 1 aromatic carbocycles. The summed E-state index contributed by atoms with van der Waals surface area (Å²) in [6, 6.07) is 11.0. The number of piperidine rings is 1. The average Bonchev–Trinajstić information content (AvgIpc) is 3.65. The van der Waals surface area contributed by atoms with Gasteiger partial charge < -0.3 is 21.0 Å². The van der Waals surface area contributed by atoms with Crippen LogP contribution in [0.25, 0.3) is 11.2 Å². The van der Waals surface area contributed by atoms with E-state index in [1.807, 2.05) is 36.7 Å². The summed E-state index contributed by atoms with van der Waals surface area (Å²) in [5.41, 5.74) is 11.5. The lowest BCUT2D eigenvalue weighted by Gasteiger charge is -2.32. The molecule has 3 aliphatic rings. The molecule has 0 bridgehead atoms. The fourth-order valence-electron chi connectivity index (χ4n) is 6.40. The summed E-state index contributed by atoms with van der Waals surface area (Å²) >= 11 is 0. The fourth-order valence-corrected chi connectivity index (χ4v) is 7.65. The lowest BCUT2D eigenvalue weighted by atomic mass is 9.92. The molecule has 0 spiro atoms. The van der Waals surface area contributed by atoms with Crippen LogP contribution in [0.2, 0.25) is 0 Å². The highest BCUT2D eigenvalue weighted by Gasteiger charge is 2.26. The quantitative estimate of drug-likeness (QED) is 0.346. The second-order valence-electron chi connectivity index (χ2n) is 11.6. The lowest BCUT2D eigenvalue weighted by molar-refractivity contribution is 0.214. The number of hydrazine groups is 1. The molecule has 0 radical (unpaired) electrons. The molecular weight excluding hydrogens is 508 g/mol. The van der Waals surface area contributed by atoms with E-state index in [2.05, 4.69) is 20.3 Å². The van der Waals surface area contributed by atoms with E-state index in [0.717, 1.165) is 85.7 Å². The molecule has 1 atom stereocenters. The molecule has 0 amide bonds. The zero-order valence-electron chi connectivity index (χ0n) is 22.8. The van der Waals surface area contributed by atoms with Crippen LogP contribution in [0.15, 0.2) is 41.6 Å². The maximum atomic E-state index is 12.7. The number of nitrogens with one attached hydrogen (secondary N) is 2. The molecule has 9 nitrogen and oxygen atoms in total. The van der Waals surface area contributed by atoms with Gasteiger partial charge in [0.2, 0.25) is 5.95 Å². The normalized spacial score (nSPS) is 24.2. The molecule has 39 heavy (non-hydrogen) atoms. The molecule has 6 rings (SSSR count). The van der Waals surface area contributed by atoms with Crippen molar-refractivity contribution in [3.05, 3.63) is 36.7 Å². The van der Waals surface area contributed by atoms with Crippen molar-refractivity contribution in [2.45, 2.75) is 93.7 Å². The third kappa shape index (κ3) is 6.44. The van der Waals surface area contributed by atoms with Gasteiger partial charge in [-0.05, 0) is 75.8 Å². The Balaban J connectivity index is 1.12. The van der Waals surface area contributed by atoms with Crippen molar-refractivity contribution in [2.24, 2.45) is 11.7 Å². The average molecular weight is 551 g/mol. The highest BCUT2D eigenvalue weighted by Crippen LogP contribution is 2.34. The van der Waals surface area contributed by atoms with Crippen LogP contribution in [0.1, 0.15) is 76.7 Å². The van der Waals surface area contributed by atoms with Crippen LogP contribution in [-0.2, 0) is 10.8 Å². The zero-order chi connectivity index (χ0) is 26.6. The molecule has 2 aliphatic carbocycles. The first-order valence-electron chi connectivity index (χ1n) is 14.8. The number of hydrogen-bond acceptors (Lipinski definition) is 8. The second-order valence-corrected chi connectivity index (χ2v) is 13.2. The van der Waals surface area contributed by atoms with Gasteiger partial charge in [0.05, 0.1) is 17.1 Å². The van der Waals surface area contributed by atoms with Gasteiger partial charge in [0.25, 0.3) is 0 Å². The van der Waals surface area contributed by atoms with E-state index in [0.29, 0.717) is 30.0 Å². The first-order chi connectivity index (χ1) is 19.1. The lowest BCUT2D eigenvalue weighted by Crippen LogP contribution is -2.38. The number of nitrogens with two attached hydrogens (primary N) is 1. The largest absolute Gasteiger partial charge is 0.351 e. The van der Waals surface area contributed by atoms with Crippen LogP contribution >= 0.6 is 0 Å². The third-order valence-corrected chi connectivity index (χ3v) is 10.2. The number of fused-ring (bicyclic) bond motifs is 1. The van der Waals surface area contributed by atoms with Gasteiger partial charge in [0.15, 0.2) is 17.0 Å². The predicted molar refractivity (Wildman–Crippen MR) is 157 cm³/mol. The van der Waals surface area contributed by atoms with E-state index in [1.54, 1.807) is 0 Å². The van der Waals surface area contributed by atoms with Crippen LogP contribution in [0.4, 0.5) is 11.8 Å². The summed E-state index contributed by atoms with van der Waals surface area (Å²) in [4.78, 5) is 15.6. The van der Waals surface area contributed by atoms with E-state index in [1.165, 1.54) is 25.7 Å². The van der Waals surface area contributed by atoms with E-state index in [4.69, 9.17) is 20.7 Å². The topological polar surface area (TPSA) is 114 Å². The molecule has 2 saturated carbocycles. The van der Waals surface area contributed by atoms with Crippen molar-refractivity contribution in [1.29, 1.82) is 0 Å². The van der Waals surface area contributed by atoms with Crippen molar-refractivity contribution < 1.29 is 4.21 Å². The molecule has 1 unspecified atom stereocenters. The molecule has 3 fully saturated rings. The zero-order valence-corrected chi connectivity index (χ0v) is 23.6. The van der Waals surface area contributed by atoms with Gasteiger partial charge in [-0.2, -0.15) is 9.97 Å². The summed E-state index contributed by atoms with van der Waals surface area (Å²) < 4.78 is 14.9. The Kier molecular flexibility index (Phi) is 8.41. The summed E-state index contributed by atoms with van der Waals surface area (Å²) in [6.07, 6.45) is 14.2. The Hall–Kier alpha value is -2.56. The molecule has 3 aromatic rings. The number of imidazole rings is 1. The van der Waals surface area contributed by atoms with Gasteiger partial charge in [-0.25, -0.2) is 9.99 Å². The molecule has 3 heterocycles. The Morgan fingerprint density at radius 3 is 2.44 bits per heavy atom. The Morgan fingerprint density at radius 2 is 1.69 bits per heavy atom. The molecular formula is C29H42N8OS. The Morgan fingerprint density at radius 1 is 0.949 bits per heavy atom. The molecule has 1 aliphatic heterocycles. The van der Waals surface area contributed by atoms with Gasteiger partial charge in [-0.1, -0.05) is 31.0 Å². The summed E-state index contributed by atoms with van der Waals surface area (Å²) in [5.74, 6) is 2.80. The van der Waals surface area contributed by atoms with Gasteiger partial charge in [0, 0.05) is 41.9 Å². The SMILES string of the molecule is NC1CCC(Nc2nc(NN3CCC(CCS(=O)c4ccccc4)CC3)c3ncn(C4CCCC4)c3n2)CC1. The standard InChI is InChI=1S/C29H42N8OS/c30-22-10-12-23(13-11-22)32-29-33-27(26-28(34-29)37(20-31-26)24-6-4-5-7-24)35-36-17-14-21(15-18-36)16-19-39(38)25-8-2-1-3-9-25/h1-3,8-9,20-24H,4-7,10-19,30H2,(H2,32,33,34,35). The minimum Gasteiger partial charge on any atom is -0.351 e. The number of hydrogen-bond donors (Lipinski definition) is 3. The molecule has 1 saturated heterocycles. The van der Waals surface area contributed by atoms with Crippen LogP contribution < -0.4 is 16.5 Å². The number of benzene rings is 1. The molecule has 210 valence electrons. The van der Waals surface area contributed by atoms with Gasteiger partial charge >= 0.3 is 0 Å². The maximum Gasteiger partial charge on any atom is 0.227 e. The minimum absolute atomic E-state index is 0.314. The van der Waals surface area contributed by atoms with Crippen molar-refractivity contribution in [1.82, 2.24) is 24.5 Å². The summed E-state index contributed by atoms with van der Waals surface area (Å²) in [6.45, 7) is 1.86.